The van der Waals surface area contributed by atoms with Gasteiger partial charge in [-0.05, 0) is 103 Å². The molecule has 2 aliphatic carbocycles. The molecule has 5 aliphatic rings. The molecule has 4 aromatic rings. The highest BCUT2D eigenvalue weighted by Crippen LogP contribution is 2.62. The number of carbonyl (C=O) groups is 4. The molecule has 0 unspecified atom stereocenters. The highest BCUT2D eigenvalue weighted by atomic mass is 35.5. The number of carbonyl (C=O) groups excluding carboxylic acids is 4. The number of rotatable bonds is 9. The molecule has 4 aromatic carbocycles. The van der Waals surface area contributed by atoms with Crippen molar-refractivity contribution in [2.24, 2.45) is 29.6 Å². The molecule has 2 N–H and O–H groups in total. The van der Waals surface area contributed by atoms with E-state index in [9.17, 15) is 23.9 Å². The number of amides is 4. The summed E-state index contributed by atoms with van der Waals surface area (Å²) >= 11 is 6.41. The first-order valence-corrected chi connectivity index (χ1v) is 20.2. The van der Waals surface area contributed by atoms with Crippen LogP contribution >= 0.6 is 11.6 Å². The first-order valence-electron chi connectivity index (χ1n) is 19.9. The average molecular weight is 833 g/mol. The summed E-state index contributed by atoms with van der Waals surface area (Å²) in [4.78, 5) is 62.8. The number of morpholine rings is 1. The van der Waals surface area contributed by atoms with Crippen molar-refractivity contribution in [2.75, 3.05) is 55.7 Å². The number of methoxy groups -OCH3 is 2. The van der Waals surface area contributed by atoms with Gasteiger partial charge in [0, 0.05) is 29.7 Å². The Morgan fingerprint density at radius 3 is 2.15 bits per heavy atom. The molecule has 9 rings (SSSR count). The topological polar surface area (TPSA) is 138 Å². The Morgan fingerprint density at radius 1 is 0.850 bits per heavy atom. The molecule has 308 valence electrons. The zero-order valence-corrected chi connectivity index (χ0v) is 33.6. The minimum absolute atomic E-state index is 0.0931. The van der Waals surface area contributed by atoms with Gasteiger partial charge in [-0.15, -0.1) is 0 Å². The molecule has 4 fully saturated rings. The van der Waals surface area contributed by atoms with Crippen LogP contribution in [0.15, 0.2) is 103 Å². The number of allylic oxidation sites excluding steroid dienone is 3. The summed E-state index contributed by atoms with van der Waals surface area (Å²) < 4.78 is 30.3. The molecule has 12 nitrogen and oxygen atoms in total. The number of hydrogen-bond acceptors (Lipinski definition) is 10. The van der Waals surface area contributed by atoms with E-state index in [0.717, 1.165) is 29.4 Å². The Balaban J connectivity index is 1.16. The van der Waals surface area contributed by atoms with Gasteiger partial charge in [0.1, 0.15) is 5.82 Å². The van der Waals surface area contributed by atoms with Gasteiger partial charge >= 0.3 is 0 Å². The summed E-state index contributed by atoms with van der Waals surface area (Å²) in [5.74, 6) is -5.98. The standard InChI is InChI=1S/C46H42ClFN4O8/c1-58-38-23-26(24-39(59-2)41(38)53)3-18-36-33-16-17-34-40(44(56)51(42(34)54)32-14-12-31(13-15-32)50-19-21-60-22-20-50)35(33)25-37-43(55)52(49-30-10-8-29(48)9-11-30)45(57)46(36,37)27-4-6-28(47)7-5-27/h3-16,18,23-24,34-37,40,49,53H,17,19-22,25H2,1-2H3/t34-,35+,36-,37-,40-,46-/m0/s1. The van der Waals surface area contributed by atoms with Gasteiger partial charge in [-0.1, -0.05) is 47.5 Å². The normalized spacial score (nSPS) is 26.2. The number of fused-ring (bicyclic) bond motifs is 4. The van der Waals surface area contributed by atoms with Crippen LogP contribution in [0, 0.1) is 35.4 Å². The number of phenolic OH excluding ortho intramolecular Hbond substituents is 1. The lowest BCUT2D eigenvalue weighted by Crippen LogP contribution is -2.54. The third-order valence-electron chi connectivity index (χ3n) is 12.8. The molecular weight excluding hydrogens is 791 g/mol. The molecule has 0 bridgehead atoms. The van der Waals surface area contributed by atoms with Crippen molar-refractivity contribution >= 4 is 58.4 Å². The van der Waals surface area contributed by atoms with Crippen LogP contribution in [0.1, 0.15) is 24.0 Å². The number of nitrogens with zero attached hydrogens (tertiary/aromatic N) is 3. The highest BCUT2D eigenvalue weighted by molar-refractivity contribution is 6.30. The molecule has 6 atom stereocenters. The lowest BCUT2D eigenvalue weighted by molar-refractivity contribution is -0.139. The number of aromatic hydroxyl groups is 1. The fourth-order valence-corrected chi connectivity index (χ4v) is 10.1. The van der Waals surface area contributed by atoms with Crippen LogP contribution in [0.2, 0.25) is 5.02 Å². The van der Waals surface area contributed by atoms with Crippen molar-refractivity contribution in [3.8, 4) is 17.2 Å². The molecule has 3 heterocycles. The van der Waals surface area contributed by atoms with Crippen LogP contribution in [0.5, 0.6) is 17.2 Å². The van der Waals surface area contributed by atoms with E-state index in [2.05, 4.69) is 10.3 Å². The van der Waals surface area contributed by atoms with E-state index >= 15 is 4.79 Å². The van der Waals surface area contributed by atoms with Crippen LogP contribution in [0.25, 0.3) is 6.08 Å². The van der Waals surface area contributed by atoms with E-state index in [-0.39, 0.29) is 41.9 Å². The van der Waals surface area contributed by atoms with Crippen molar-refractivity contribution < 1.29 is 42.9 Å². The van der Waals surface area contributed by atoms with Crippen molar-refractivity contribution in [3.05, 3.63) is 125 Å². The van der Waals surface area contributed by atoms with Gasteiger partial charge in [-0.3, -0.25) is 29.5 Å². The van der Waals surface area contributed by atoms with Crippen molar-refractivity contribution in [1.82, 2.24) is 5.01 Å². The lowest BCUT2D eigenvalue weighted by Gasteiger charge is -2.49. The minimum atomic E-state index is -1.55. The smallest absolute Gasteiger partial charge is 0.260 e. The zero-order valence-electron chi connectivity index (χ0n) is 32.8. The van der Waals surface area contributed by atoms with Gasteiger partial charge in [-0.2, -0.15) is 5.01 Å². The number of hydrazine groups is 1. The summed E-state index contributed by atoms with van der Waals surface area (Å²) in [6, 6.07) is 22.8. The van der Waals surface area contributed by atoms with Crippen molar-refractivity contribution in [2.45, 2.75) is 18.3 Å². The second kappa shape index (κ2) is 15.4. The Labute approximate surface area is 350 Å². The van der Waals surface area contributed by atoms with E-state index in [1.165, 1.54) is 43.4 Å². The minimum Gasteiger partial charge on any atom is -0.502 e. The SMILES string of the molecule is COc1cc(C=C[C@H]2C3=CC[C@@H]4C(=O)N(c5ccc(N6CCOCC6)cc5)C(=O)[C@@H]4[C@@H]3C[C@H]3C(=O)N(Nc4ccc(F)cc4)C(=O)[C@@]23c2ccc(Cl)cc2)cc(OC)c1O. The van der Waals surface area contributed by atoms with Gasteiger partial charge in [-0.25, -0.2) is 4.39 Å². The summed E-state index contributed by atoms with van der Waals surface area (Å²) in [6.07, 6.45) is 5.93. The fraction of sp³-hybridized carbons (Fsp3) is 0.304. The molecule has 3 saturated heterocycles. The van der Waals surface area contributed by atoms with E-state index in [1.807, 2.05) is 24.3 Å². The number of halogens is 2. The van der Waals surface area contributed by atoms with Gasteiger partial charge in [0.2, 0.25) is 17.6 Å². The largest absolute Gasteiger partial charge is 0.502 e. The van der Waals surface area contributed by atoms with E-state index < -0.39 is 52.6 Å². The molecule has 14 heteroatoms. The third-order valence-corrected chi connectivity index (χ3v) is 13.0. The van der Waals surface area contributed by atoms with Crippen LogP contribution in [0.3, 0.4) is 0 Å². The fourth-order valence-electron chi connectivity index (χ4n) is 10.0. The van der Waals surface area contributed by atoms with Crippen molar-refractivity contribution in [1.29, 1.82) is 0 Å². The van der Waals surface area contributed by atoms with Gasteiger partial charge in [0.25, 0.3) is 11.8 Å². The molecule has 1 saturated carbocycles. The predicted octanol–water partition coefficient (Wildman–Crippen LogP) is 6.77. The van der Waals surface area contributed by atoms with Crippen molar-refractivity contribution in [3.63, 3.8) is 0 Å². The summed E-state index contributed by atoms with van der Waals surface area (Å²) in [7, 11) is 2.84. The number of ether oxygens (including phenoxy) is 3. The molecule has 60 heavy (non-hydrogen) atoms. The monoisotopic (exact) mass is 832 g/mol. The summed E-state index contributed by atoms with van der Waals surface area (Å²) in [5, 5.41) is 12.1. The maximum atomic E-state index is 15.4. The first kappa shape index (κ1) is 39.3. The number of nitrogens with one attached hydrogen (secondary N) is 1. The molecular formula is C46H42ClFN4O8. The number of hydrogen-bond donors (Lipinski definition) is 2. The second-order valence-corrected chi connectivity index (χ2v) is 16.1. The Bertz CT molecular complexity index is 2410. The Hall–Kier alpha value is -6.18. The van der Waals surface area contributed by atoms with Gasteiger partial charge < -0.3 is 24.2 Å². The summed E-state index contributed by atoms with van der Waals surface area (Å²) in [5.41, 5.74) is 5.03. The molecule has 3 aliphatic heterocycles. The quantitative estimate of drug-likeness (QED) is 0.137. The maximum absolute atomic E-state index is 15.4. The zero-order chi connectivity index (χ0) is 41.9. The van der Waals surface area contributed by atoms with Crippen LogP contribution in [-0.2, 0) is 29.3 Å². The Kier molecular flexibility index (Phi) is 10.1. The highest BCUT2D eigenvalue weighted by Gasteiger charge is 2.69. The molecule has 0 radical (unpaired) electrons. The molecule has 0 aromatic heterocycles. The number of anilines is 3. The van der Waals surface area contributed by atoms with Crippen LogP contribution < -0.4 is 24.7 Å². The number of imide groups is 2. The van der Waals surface area contributed by atoms with Gasteiger partial charge in [0.15, 0.2) is 11.5 Å². The maximum Gasteiger partial charge on any atom is 0.260 e. The van der Waals surface area contributed by atoms with E-state index in [0.29, 0.717) is 40.7 Å². The van der Waals surface area contributed by atoms with Crippen LogP contribution in [0.4, 0.5) is 21.5 Å². The predicted molar refractivity (Wildman–Crippen MR) is 222 cm³/mol. The Morgan fingerprint density at radius 2 is 1.50 bits per heavy atom. The first-order chi connectivity index (χ1) is 29.0. The van der Waals surface area contributed by atoms with Crippen LogP contribution in [-0.4, -0.2) is 74.3 Å². The van der Waals surface area contributed by atoms with E-state index in [1.54, 1.807) is 54.6 Å². The second-order valence-electron chi connectivity index (χ2n) is 15.7. The third kappa shape index (κ3) is 6.29. The average Bonchev–Trinajstić information content (AvgIpc) is 3.65. The number of benzene rings is 4. The lowest BCUT2D eigenvalue weighted by atomic mass is 9.50. The summed E-state index contributed by atoms with van der Waals surface area (Å²) in [6.45, 7) is 2.71. The van der Waals surface area contributed by atoms with E-state index in [4.69, 9.17) is 25.8 Å². The molecule has 0 spiro atoms. The number of phenols is 1. The molecule has 4 amide bonds. The van der Waals surface area contributed by atoms with Gasteiger partial charge in [0.05, 0.1) is 62.0 Å².